The number of sulfone groups is 1. The summed E-state index contributed by atoms with van der Waals surface area (Å²) in [7, 11) is -3.22. The Morgan fingerprint density at radius 2 is 1.88 bits per heavy atom. The summed E-state index contributed by atoms with van der Waals surface area (Å²) < 4.78 is 24.2. The lowest BCUT2D eigenvalue weighted by atomic mass is 10.2. The van der Waals surface area contributed by atoms with Crippen LogP contribution in [0.3, 0.4) is 0 Å². The molecule has 0 saturated heterocycles. The molecule has 0 unspecified atom stereocenters. The van der Waals surface area contributed by atoms with Crippen LogP contribution in [0.5, 0.6) is 0 Å². The standard InChI is InChI=1S/C13H21NO2S/c1-3-4-5-6-9-17(15,16)13-10-11(2)7-8-12(13)14/h7-8,10H,3-6,9,14H2,1-2H3. The lowest BCUT2D eigenvalue weighted by Crippen LogP contribution is -2.09. The maximum atomic E-state index is 12.1. The lowest BCUT2D eigenvalue weighted by molar-refractivity contribution is 0.589. The molecule has 0 aliphatic carbocycles. The Hall–Kier alpha value is -1.03. The topological polar surface area (TPSA) is 60.2 Å². The maximum absolute atomic E-state index is 12.1. The zero-order valence-electron chi connectivity index (χ0n) is 10.6. The number of unbranched alkanes of at least 4 members (excludes halogenated alkanes) is 3. The Labute approximate surface area is 104 Å². The second-order valence-corrected chi connectivity index (χ2v) is 6.50. The normalized spacial score (nSPS) is 11.6. The van der Waals surface area contributed by atoms with Gasteiger partial charge < -0.3 is 5.73 Å². The molecule has 96 valence electrons. The van der Waals surface area contributed by atoms with Gasteiger partial charge >= 0.3 is 0 Å². The number of benzene rings is 1. The van der Waals surface area contributed by atoms with E-state index in [2.05, 4.69) is 6.92 Å². The van der Waals surface area contributed by atoms with Gasteiger partial charge in [-0.05, 0) is 31.0 Å². The van der Waals surface area contributed by atoms with Crippen molar-refractivity contribution in [2.75, 3.05) is 11.5 Å². The average molecular weight is 255 g/mol. The zero-order valence-corrected chi connectivity index (χ0v) is 11.4. The quantitative estimate of drug-likeness (QED) is 0.628. The minimum Gasteiger partial charge on any atom is -0.398 e. The molecule has 1 aromatic carbocycles. The molecule has 0 spiro atoms. The van der Waals surface area contributed by atoms with E-state index in [9.17, 15) is 8.42 Å². The number of hydrogen-bond acceptors (Lipinski definition) is 3. The molecule has 0 atom stereocenters. The smallest absolute Gasteiger partial charge is 0.180 e. The summed E-state index contributed by atoms with van der Waals surface area (Å²) in [6, 6.07) is 5.14. The third-order valence-electron chi connectivity index (χ3n) is 2.77. The van der Waals surface area contributed by atoms with Gasteiger partial charge in [0.15, 0.2) is 9.84 Å². The van der Waals surface area contributed by atoms with Gasteiger partial charge in [-0.1, -0.05) is 32.3 Å². The predicted molar refractivity (Wildman–Crippen MR) is 71.8 cm³/mol. The molecular weight excluding hydrogens is 234 g/mol. The van der Waals surface area contributed by atoms with Crippen molar-refractivity contribution in [3.8, 4) is 0 Å². The Kier molecular flexibility index (Phi) is 5.00. The van der Waals surface area contributed by atoms with Gasteiger partial charge in [-0.3, -0.25) is 0 Å². The molecule has 0 aromatic heterocycles. The van der Waals surface area contributed by atoms with Crippen molar-refractivity contribution in [2.45, 2.75) is 44.4 Å². The third-order valence-corrected chi connectivity index (χ3v) is 4.62. The van der Waals surface area contributed by atoms with Crippen LogP contribution in [-0.2, 0) is 9.84 Å². The highest BCUT2D eigenvalue weighted by molar-refractivity contribution is 7.91. The van der Waals surface area contributed by atoms with Crippen LogP contribution in [0.1, 0.15) is 38.2 Å². The monoisotopic (exact) mass is 255 g/mol. The van der Waals surface area contributed by atoms with Gasteiger partial charge in [0, 0.05) is 0 Å². The first-order valence-corrected chi connectivity index (χ1v) is 7.71. The van der Waals surface area contributed by atoms with E-state index < -0.39 is 9.84 Å². The van der Waals surface area contributed by atoms with Crippen molar-refractivity contribution in [1.29, 1.82) is 0 Å². The molecule has 4 heteroatoms. The summed E-state index contributed by atoms with van der Waals surface area (Å²) in [5, 5.41) is 0. The molecule has 3 nitrogen and oxygen atoms in total. The Balaban J connectivity index is 2.79. The van der Waals surface area contributed by atoms with Gasteiger partial charge in [-0.2, -0.15) is 0 Å². The van der Waals surface area contributed by atoms with Crippen LogP contribution in [0.4, 0.5) is 5.69 Å². The summed E-state index contributed by atoms with van der Waals surface area (Å²) >= 11 is 0. The van der Waals surface area contributed by atoms with Gasteiger partial charge in [-0.25, -0.2) is 8.42 Å². The van der Waals surface area contributed by atoms with Crippen LogP contribution in [0.25, 0.3) is 0 Å². The number of rotatable bonds is 6. The first-order valence-electron chi connectivity index (χ1n) is 6.06. The van der Waals surface area contributed by atoms with Crippen molar-refractivity contribution in [3.63, 3.8) is 0 Å². The van der Waals surface area contributed by atoms with E-state index in [0.717, 1.165) is 24.8 Å². The second kappa shape index (κ2) is 6.05. The molecule has 0 heterocycles. The van der Waals surface area contributed by atoms with Crippen LogP contribution in [0.2, 0.25) is 0 Å². The summed E-state index contributed by atoms with van der Waals surface area (Å²) in [5.74, 6) is 0.195. The van der Waals surface area contributed by atoms with E-state index >= 15 is 0 Å². The van der Waals surface area contributed by atoms with E-state index in [1.807, 2.05) is 13.0 Å². The van der Waals surface area contributed by atoms with Crippen molar-refractivity contribution in [2.24, 2.45) is 0 Å². The second-order valence-electron chi connectivity index (χ2n) is 4.42. The number of aryl methyl sites for hydroxylation is 1. The minimum atomic E-state index is -3.22. The number of anilines is 1. The van der Waals surface area contributed by atoms with Crippen LogP contribution >= 0.6 is 0 Å². The molecule has 0 aliphatic rings. The molecule has 17 heavy (non-hydrogen) atoms. The van der Waals surface area contributed by atoms with Gasteiger partial charge in [0.25, 0.3) is 0 Å². The summed E-state index contributed by atoms with van der Waals surface area (Å²) in [5.41, 5.74) is 7.00. The fourth-order valence-corrected chi connectivity index (χ4v) is 3.34. The molecule has 0 radical (unpaired) electrons. The summed E-state index contributed by atoms with van der Waals surface area (Å²) in [6.07, 6.45) is 3.86. The largest absolute Gasteiger partial charge is 0.398 e. The molecular formula is C13H21NO2S. The van der Waals surface area contributed by atoms with Crippen LogP contribution in [-0.4, -0.2) is 14.2 Å². The van der Waals surface area contributed by atoms with E-state index in [1.54, 1.807) is 12.1 Å². The van der Waals surface area contributed by atoms with E-state index in [4.69, 9.17) is 5.73 Å². The molecule has 0 aliphatic heterocycles. The van der Waals surface area contributed by atoms with Crippen molar-refractivity contribution in [1.82, 2.24) is 0 Å². The van der Waals surface area contributed by atoms with E-state index in [1.165, 1.54) is 0 Å². The fraction of sp³-hybridized carbons (Fsp3) is 0.538. The SMILES string of the molecule is CCCCCCS(=O)(=O)c1cc(C)ccc1N. The highest BCUT2D eigenvalue weighted by atomic mass is 32.2. The number of nitrogens with two attached hydrogens (primary N) is 1. The molecule has 0 fully saturated rings. The Morgan fingerprint density at radius 1 is 1.18 bits per heavy atom. The van der Waals surface area contributed by atoms with Gasteiger partial charge in [0.1, 0.15) is 0 Å². The van der Waals surface area contributed by atoms with Crippen molar-refractivity contribution >= 4 is 15.5 Å². The molecule has 2 N–H and O–H groups in total. The minimum absolute atomic E-state index is 0.195. The van der Waals surface area contributed by atoms with Gasteiger partial charge in [0.05, 0.1) is 16.3 Å². The maximum Gasteiger partial charge on any atom is 0.180 e. The van der Waals surface area contributed by atoms with Gasteiger partial charge in [-0.15, -0.1) is 0 Å². The van der Waals surface area contributed by atoms with Crippen molar-refractivity contribution < 1.29 is 8.42 Å². The highest BCUT2D eigenvalue weighted by Crippen LogP contribution is 2.22. The first kappa shape index (κ1) is 14.0. The molecule has 0 bridgehead atoms. The number of hydrogen-bond donors (Lipinski definition) is 1. The van der Waals surface area contributed by atoms with Crippen LogP contribution < -0.4 is 5.73 Å². The van der Waals surface area contributed by atoms with Gasteiger partial charge in [0.2, 0.25) is 0 Å². The predicted octanol–water partition coefficient (Wildman–Crippen LogP) is 2.93. The third kappa shape index (κ3) is 4.04. The molecule has 1 aromatic rings. The molecule has 1 rings (SSSR count). The molecule has 0 saturated carbocycles. The Bertz CT molecular complexity index is 466. The summed E-state index contributed by atoms with van der Waals surface area (Å²) in [6.45, 7) is 3.97. The average Bonchev–Trinajstić information content (AvgIpc) is 2.28. The lowest BCUT2D eigenvalue weighted by Gasteiger charge is -2.08. The molecule has 0 amide bonds. The van der Waals surface area contributed by atoms with Crippen LogP contribution in [0.15, 0.2) is 23.1 Å². The Morgan fingerprint density at radius 3 is 2.53 bits per heavy atom. The van der Waals surface area contributed by atoms with E-state index in [-0.39, 0.29) is 10.6 Å². The zero-order chi connectivity index (χ0) is 12.9. The van der Waals surface area contributed by atoms with Crippen molar-refractivity contribution in [3.05, 3.63) is 23.8 Å². The number of nitrogen functional groups attached to an aromatic ring is 1. The highest BCUT2D eigenvalue weighted by Gasteiger charge is 2.17. The summed E-state index contributed by atoms with van der Waals surface area (Å²) in [4.78, 5) is 0.286. The fourth-order valence-electron chi connectivity index (χ4n) is 1.74. The first-order chi connectivity index (χ1) is 7.97. The van der Waals surface area contributed by atoms with Crippen LogP contribution in [0, 0.1) is 6.92 Å². The van der Waals surface area contributed by atoms with E-state index in [0.29, 0.717) is 12.1 Å².